The zero-order valence-electron chi connectivity index (χ0n) is 12.6. The third-order valence-electron chi connectivity index (χ3n) is 4.35. The number of ether oxygens (including phenoxy) is 2. The molecule has 1 N–H and O–H groups in total. The molecule has 0 aliphatic carbocycles. The third-order valence-corrected chi connectivity index (χ3v) is 4.35. The van der Waals surface area contributed by atoms with Gasteiger partial charge in [0.05, 0.1) is 25.7 Å². The van der Waals surface area contributed by atoms with Crippen LogP contribution in [0.4, 0.5) is 0 Å². The van der Waals surface area contributed by atoms with Crippen LogP contribution < -0.4 is 9.47 Å². The van der Waals surface area contributed by atoms with E-state index in [4.69, 9.17) is 9.47 Å². The van der Waals surface area contributed by atoms with Gasteiger partial charge in [0.15, 0.2) is 0 Å². The molecular formula is C18H20O3. The van der Waals surface area contributed by atoms with Crippen LogP contribution in [-0.2, 0) is 0 Å². The molecule has 21 heavy (non-hydrogen) atoms. The fourth-order valence-electron chi connectivity index (χ4n) is 2.98. The summed E-state index contributed by atoms with van der Waals surface area (Å²) in [4.78, 5) is 0. The lowest BCUT2D eigenvalue weighted by molar-refractivity contribution is 0.127. The van der Waals surface area contributed by atoms with E-state index in [1.807, 2.05) is 50.2 Å². The highest BCUT2D eigenvalue weighted by atomic mass is 16.5. The van der Waals surface area contributed by atoms with Crippen LogP contribution >= 0.6 is 0 Å². The Balaban J connectivity index is 2.01. The van der Waals surface area contributed by atoms with E-state index in [0.717, 1.165) is 33.8 Å². The van der Waals surface area contributed by atoms with E-state index in [-0.39, 0.29) is 5.92 Å². The molecule has 2 aromatic rings. The first-order valence-corrected chi connectivity index (χ1v) is 7.17. The Labute approximate surface area is 125 Å². The molecule has 0 saturated heterocycles. The second-order valence-electron chi connectivity index (χ2n) is 5.53. The molecular weight excluding hydrogens is 264 g/mol. The average Bonchev–Trinajstić information content (AvgIpc) is 2.93. The van der Waals surface area contributed by atoms with Crippen molar-refractivity contribution < 1.29 is 14.6 Å². The van der Waals surface area contributed by atoms with Gasteiger partial charge in [0, 0.05) is 11.1 Å². The van der Waals surface area contributed by atoms with E-state index in [2.05, 4.69) is 0 Å². The summed E-state index contributed by atoms with van der Waals surface area (Å²) in [6.45, 7) is 4.56. The number of methoxy groups -OCH3 is 1. The summed E-state index contributed by atoms with van der Waals surface area (Å²) >= 11 is 0. The van der Waals surface area contributed by atoms with Crippen molar-refractivity contribution in [2.24, 2.45) is 0 Å². The Morgan fingerprint density at radius 3 is 2.71 bits per heavy atom. The molecule has 0 radical (unpaired) electrons. The van der Waals surface area contributed by atoms with Gasteiger partial charge in [-0.1, -0.05) is 30.3 Å². The number of aliphatic hydroxyl groups is 1. The minimum absolute atomic E-state index is 0.0581. The molecule has 0 bridgehead atoms. The molecule has 0 aromatic heterocycles. The van der Waals surface area contributed by atoms with Gasteiger partial charge in [0.1, 0.15) is 11.5 Å². The van der Waals surface area contributed by atoms with E-state index in [0.29, 0.717) is 6.61 Å². The maximum atomic E-state index is 10.8. The van der Waals surface area contributed by atoms with Crippen LogP contribution in [0.5, 0.6) is 11.5 Å². The molecule has 1 aliphatic rings. The van der Waals surface area contributed by atoms with Gasteiger partial charge in [-0.15, -0.1) is 0 Å². The minimum atomic E-state index is -0.636. The number of hydrogen-bond acceptors (Lipinski definition) is 3. The van der Waals surface area contributed by atoms with Crippen molar-refractivity contribution in [2.45, 2.75) is 25.9 Å². The maximum absolute atomic E-state index is 10.8. The van der Waals surface area contributed by atoms with Gasteiger partial charge in [-0.3, -0.25) is 0 Å². The molecule has 2 unspecified atom stereocenters. The third kappa shape index (κ3) is 2.28. The van der Waals surface area contributed by atoms with Crippen molar-refractivity contribution in [3.8, 4) is 11.5 Å². The Morgan fingerprint density at radius 1 is 1.19 bits per heavy atom. The number of para-hydroxylation sites is 1. The summed E-state index contributed by atoms with van der Waals surface area (Å²) in [5.74, 6) is 1.58. The summed E-state index contributed by atoms with van der Waals surface area (Å²) < 4.78 is 11.2. The molecule has 2 aromatic carbocycles. The maximum Gasteiger partial charge on any atom is 0.127 e. The van der Waals surface area contributed by atoms with E-state index >= 15 is 0 Å². The smallest absolute Gasteiger partial charge is 0.127 e. The van der Waals surface area contributed by atoms with Crippen molar-refractivity contribution in [1.82, 2.24) is 0 Å². The highest BCUT2D eigenvalue weighted by molar-refractivity contribution is 5.49. The topological polar surface area (TPSA) is 38.7 Å². The van der Waals surface area contributed by atoms with E-state index in [1.165, 1.54) is 0 Å². The number of aryl methyl sites for hydroxylation is 1. The largest absolute Gasteiger partial charge is 0.496 e. The van der Waals surface area contributed by atoms with Gasteiger partial charge >= 0.3 is 0 Å². The molecule has 110 valence electrons. The molecule has 0 fully saturated rings. The molecule has 1 heterocycles. The Kier molecular flexibility index (Phi) is 3.60. The van der Waals surface area contributed by atoms with E-state index < -0.39 is 6.10 Å². The van der Waals surface area contributed by atoms with Crippen LogP contribution in [0, 0.1) is 13.8 Å². The summed E-state index contributed by atoms with van der Waals surface area (Å²) in [7, 11) is 1.65. The van der Waals surface area contributed by atoms with Crippen LogP contribution in [0.1, 0.15) is 34.3 Å². The SMILES string of the molecule is COc1c(C(O)C2COc3ccccc32)ccc(C)c1C. The fourth-order valence-corrected chi connectivity index (χ4v) is 2.98. The van der Waals surface area contributed by atoms with Gasteiger partial charge in [-0.2, -0.15) is 0 Å². The summed E-state index contributed by atoms with van der Waals surface area (Å²) in [6.07, 6.45) is -0.636. The van der Waals surface area contributed by atoms with Gasteiger partial charge in [0.2, 0.25) is 0 Å². The Morgan fingerprint density at radius 2 is 1.95 bits per heavy atom. The second kappa shape index (κ2) is 5.41. The molecule has 3 heteroatoms. The van der Waals surface area contributed by atoms with Gasteiger partial charge < -0.3 is 14.6 Å². The zero-order chi connectivity index (χ0) is 15.0. The molecule has 0 spiro atoms. The predicted octanol–water partition coefficient (Wildman–Crippen LogP) is 3.52. The van der Waals surface area contributed by atoms with Crippen molar-refractivity contribution in [2.75, 3.05) is 13.7 Å². The zero-order valence-corrected chi connectivity index (χ0v) is 12.6. The lowest BCUT2D eigenvalue weighted by Crippen LogP contribution is -2.14. The second-order valence-corrected chi connectivity index (χ2v) is 5.53. The molecule has 2 atom stereocenters. The van der Waals surface area contributed by atoms with Gasteiger partial charge in [0.25, 0.3) is 0 Å². The first-order valence-electron chi connectivity index (χ1n) is 7.17. The quantitative estimate of drug-likeness (QED) is 0.937. The average molecular weight is 284 g/mol. The fraction of sp³-hybridized carbons (Fsp3) is 0.333. The van der Waals surface area contributed by atoms with Crippen LogP contribution in [0.15, 0.2) is 36.4 Å². The van der Waals surface area contributed by atoms with Crippen molar-refractivity contribution >= 4 is 0 Å². The molecule has 3 nitrogen and oxygen atoms in total. The minimum Gasteiger partial charge on any atom is -0.496 e. The van der Waals surface area contributed by atoms with Crippen LogP contribution in [0.3, 0.4) is 0 Å². The summed E-state index contributed by atoms with van der Waals surface area (Å²) in [6, 6.07) is 11.9. The lowest BCUT2D eigenvalue weighted by atomic mass is 9.89. The molecule has 0 saturated carbocycles. The van der Waals surface area contributed by atoms with Gasteiger partial charge in [-0.25, -0.2) is 0 Å². The van der Waals surface area contributed by atoms with Crippen molar-refractivity contribution in [3.63, 3.8) is 0 Å². The first kappa shape index (κ1) is 14.0. The van der Waals surface area contributed by atoms with Crippen LogP contribution in [-0.4, -0.2) is 18.8 Å². The molecule has 3 rings (SSSR count). The summed E-state index contributed by atoms with van der Waals surface area (Å²) in [5.41, 5.74) is 4.11. The van der Waals surface area contributed by atoms with Crippen molar-refractivity contribution in [3.05, 3.63) is 58.7 Å². The Bertz CT molecular complexity index is 664. The van der Waals surface area contributed by atoms with Crippen molar-refractivity contribution in [1.29, 1.82) is 0 Å². The number of hydrogen-bond donors (Lipinski definition) is 1. The highest BCUT2D eigenvalue weighted by Crippen LogP contribution is 2.44. The first-order chi connectivity index (χ1) is 10.1. The standard InChI is InChI=1S/C18H20O3/c1-11-8-9-14(18(20-3)12(11)2)17(19)15-10-21-16-7-5-4-6-13(15)16/h4-9,15,17,19H,10H2,1-3H3. The summed E-state index contributed by atoms with van der Waals surface area (Å²) in [5, 5.41) is 10.8. The van der Waals surface area contributed by atoms with E-state index in [1.54, 1.807) is 7.11 Å². The molecule has 1 aliphatic heterocycles. The lowest BCUT2D eigenvalue weighted by Gasteiger charge is -2.22. The van der Waals surface area contributed by atoms with Gasteiger partial charge in [-0.05, 0) is 31.0 Å². The Hall–Kier alpha value is -2.00. The highest BCUT2D eigenvalue weighted by Gasteiger charge is 2.32. The number of aliphatic hydroxyl groups excluding tert-OH is 1. The monoisotopic (exact) mass is 284 g/mol. The molecule has 0 amide bonds. The number of fused-ring (bicyclic) bond motifs is 1. The predicted molar refractivity (Wildman–Crippen MR) is 82.1 cm³/mol. The normalized spacial score (nSPS) is 18.0. The number of rotatable bonds is 3. The van der Waals surface area contributed by atoms with Crippen LogP contribution in [0.25, 0.3) is 0 Å². The van der Waals surface area contributed by atoms with E-state index in [9.17, 15) is 5.11 Å². The van der Waals surface area contributed by atoms with Crippen LogP contribution in [0.2, 0.25) is 0 Å². The number of benzene rings is 2.